The number of halogens is 3. The van der Waals surface area contributed by atoms with Crippen LogP contribution in [0.4, 0.5) is 13.2 Å². The highest BCUT2D eigenvalue weighted by molar-refractivity contribution is 5.98. The van der Waals surface area contributed by atoms with Crippen LogP contribution in [-0.4, -0.2) is 25.7 Å². The van der Waals surface area contributed by atoms with Crippen molar-refractivity contribution in [3.63, 3.8) is 0 Å². The van der Waals surface area contributed by atoms with Gasteiger partial charge < -0.3 is 10.1 Å². The fourth-order valence-corrected chi connectivity index (χ4v) is 2.09. The number of carbonyl (C=O) groups is 1. The molecule has 0 atom stereocenters. The summed E-state index contributed by atoms with van der Waals surface area (Å²) < 4.78 is 41.9. The van der Waals surface area contributed by atoms with Crippen molar-refractivity contribution >= 4 is 5.91 Å². The number of amides is 1. The van der Waals surface area contributed by atoms with Gasteiger partial charge in [-0.1, -0.05) is 26.3 Å². The van der Waals surface area contributed by atoms with Gasteiger partial charge >= 0.3 is 6.18 Å². The second-order valence-corrected chi connectivity index (χ2v) is 4.73. The number of hydrogen-bond donors (Lipinski definition) is 1. The Labute approximate surface area is 122 Å². The summed E-state index contributed by atoms with van der Waals surface area (Å²) >= 11 is 0. The molecule has 6 heteroatoms. The first-order valence-electron chi connectivity index (χ1n) is 6.87. The molecular formula is C15H20F3NO2. The second-order valence-electron chi connectivity index (χ2n) is 4.73. The SMILES string of the molecule is CCCc1cc(CC)cc(OC)c1C(=O)NCC(F)(F)F. The molecule has 0 unspecified atom stereocenters. The number of benzene rings is 1. The van der Waals surface area contributed by atoms with Crippen LogP contribution < -0.4 is 10.1 Å². The van der Waals surface area contributed by atoms with Crippen LogP contribution in [-0.2, 0) is 12.8 Å². The van der Waals surface area contributed by atoms with Gasteiger partial charge in [-0.05, 0) is 30.0 Å². The van der Waals surface area contributed by atoms with Crippen LogP contribution in [0.25, 0.3) is 0 Å². The molecule has 1 aromatic rings. The number of ether oxygens (including phenoxy) is 1. The Hall–Kier alpha value is -1.72. The van der Waals surface area contributed by atoms with Gasteiger partial charge in [-0.2, -0.15) is 13.2 Å². The van der Waals surface area contributed by atoms with Gasteiger partial charge in [0.1, 0.15) is 12.3 Å². The zero-order valence-electron chi connectivity index (χ0n) is 12.4. The molecule has 1 amide bonds. The third-order valence-corrected chi connectivity index (χ3v) is 3.07. The minimum absolute atomic E-state index is 0.195. The molecule has 0 aliphatic carbocycles. The summed E-state index contributed by atoms with van der Waals surface area (Å²) in [5, 5.41) is 1.91. The van der Waals surface area contributed by atoms with E-state index in [1.165, 1.54) is 7.11 Å². The first-order valence-corrected chi connectivity index (χ1v) is 6.87. The van der Waals surface area contributed by atoms with Crippen LogP contribution in [0, 0.1) is 0 Å². The van der Waals surface area contributed by atoms with Crippen LogP contribution in [0.1, 0.15) is 41.8 Å². The molecule has 0 bridgehead atoms. The summed E-state index contributed by atoms with van der Waals surface area (Å²) in [7, 11) is 1.41. The third-order valence-electron chi connectivity index (χ3n) is 3.07. The van der Waals surface area contributed by atoms with E-state index in [-0.39, 0.29) is 5.56 Å². The highest BCUT2D eigenvalue weighted by Crippen LogP contribution is 2.26. The predicted octanol–water partition coefficient (Wildman–Crippen LogP) is 3.50. The van der Waals surface area contributed by atoms with E-state index in [0.717, 1.165) is 18.4 Å². The molecular weight excluding hydrogens is 283 g/mol. The van der Waals surface area contributed by atoms with Gasteiger partial charge in [0.2, 0.25) is 0 Å². The number of rotatable bonds is 6. The predicted molar refractivity (Wildman–Crippen MR) is 74.8 cm³/mol. The Morgan fingerprint density at radius 2 is 1.95 bits per heavy atom. The highest BCUT2D eigenvalue weighted by Gasteiger charge is 2.29. The van der Waals surface area contributed by atoms with Gasteiger partial charge in [-0.15, -0.1) is 0 Å². The summed E-state index contributed by atoms with van der Waals surface area (Å²) in [6.07, 6.45) is -2.27. The Balaban J connectivity index is 3.15. The molecule has 0 aromatic heterocycles. The van der Waals surface area contributed by atoms with Crippen LogP contribution in [0.2, 0.25) is 0 Å². The standard InChI is InChI=1S/C15H20F3NO2/c1-4-6-11-7-10(5-2)8-12(21-3)13(11)14(20)19-9-15(16,17)18/h7-8H,4-6,9H2,1-3H3,(H,19,20). The van der Waals surface area contributed by atoms with Crippen molar-refractivity contribution in [2.24, 2.45) is 0 Å². The zero-order chi connectivity index (χ0) is 16.0. The summed E-state index contributed by atoms with van der Waals surface area (Å²) in [5.74, 6) is -0.437. The van der Waals surface area contributed by atoms with Crippen molar-refractivity contribution < 1.29 is 22.7 Å². The van der Waals surface area contributed by atoms with E-state index >= 15 is 0 Å². The molecule has 118 valence electrons. The number of methoxy groups -OCH3 is 1. The molecule has 1 aromatic carbocycles. The molecule has 3 nitrogen and oxygen atoms in total. The Bertz CT molecular complexity index is 498. The quantitative estimate of drug-likeness (QED) is 0.873. The van der Waals surface area contributed by atoms with E-state index in [0.29, 0.717) is 17.7 Å². The normalized spacial score (nSPS) is 11.3. The maximum atomic E-state index is 12.2. The Morgan fingerprint density at radius 1 is 1.29 bits per heavy atom. The fourth-order valence-electron chi connectivity index (χ4n) is 2.09. The minimum atomic E-state index is -4.43. The number of alkyl halides is 3. The number of hydrogen-bond acceptors (Lipinski definition) is 2. The number of carbonyl (C=O) groups excluding carboxylic acids is 1. The van der Waals surface area contributed by atoms with Gasteiger partial charge in [0.15, 0.2) is 0 Å². The van der Waals surface area contributed by atoms with Crippen molar-refractivity contribution in [2.45, 2.75) is 39.3 Å². The van der Waals surface area contributed by atoms with Gasteiger partial charge in [-0.25, -0.2) is 0 Å². The molecule has 0 radical (unpaired) electrons. The maximum absolute atomic E-state index is 12.2. The van der Waals surface area contributed by atoms with Crippen molar-refractivity contribution in [1.29, 1.82) is 0 Å². The molecule has 1 N–H and O–H groups in total. The average molecular weight is 303 g/mol. The topological polar surface area (TPSA) is 38.3 Å². The maximum Gasteiger partial charge on any atom is 0.405 e. The minimum Gasteiger partial charge on any atom is -0.496 e. The number of nitrogens with one attached hydrogen (secondary N) is 1. The molecule has 0 fully saturated rings. The molecule has 21 heavy (non-hydrogen) atoms. The number of aryl methyl sites for hydroxylation is 2. The lowest BCUT2D eigenvalue weighted by Crippen LogP contribution is -2.34. The highest BCUT2D eigenvalue weighted by atomic mass is 19.4. The van der Waals surface area contributed by atoms with Crippen molar-refractivity contribution in [1.82, 2.24) is 5.32 Å². The van der Waals surface area contributed by atoms with E-state index in [1.807, 2.05) is 25.2 Å². The van der Waals surface area contributed by atoms with Crippen LogP contribution in [0.3, 0.4) is 0 Å². The van der Waals surface area contributed by atoms with E-state index in [9.17, 15) is 18.0 Å². The van der Waals surface area contributed by atoms with Gasteiger partial charge in [0.05, 0.1) is 12.7 Å². The van der Waals surface area contributed by atoms with Crippen LogP contribution in [0.15, 0.2) is 12.1 Å². The van der Waals surface area contributed by atoms with Crippen LogP contribution in [0.5, 0.6) is 5.75 Å². The van der Waals surface area contributed by atoms with Crippen molar-refractivity contribution in [3.8, 4) is 5.75 Å². The van der Waals surface area contributed by atoms with E-state index < -0.39 is 18.6 Å². The van der Waals surface area contributed by atoms with E-state index in [2.05, 4.69) is 0 Å². The lowest BCUT2D eigenvalue weighted by molar-refractivity contribution is -0.123. The molecule has 0 aliphatic heterocycles. The molecule has 0 heterocycles. The summed E-state index contributed by atoms with van der Waals surface area (Å²) in [4.78, 5) is 12.1. The average Bonchev–Trinajstić information content (AvgIpc) is 2.43. The fraction of sp³-hybridized carbons (Fsp3) is 0.533. The summed E-state index contributed by atoms with van der Waals surface area (Å²) in [6.45, 7) is 2.56. The van der Waals surface area contributed by atoms with Crippen LogP contribution >= 0.6 is 0 Å². The first kappa shape index (κ1) is 17.3. The zero-order valence-corrected chi connectivity index (χ0v) is 12.4. The van der Waals surface area contributed by atoms with Crippen molar-refractivity contribution in [2.75, 3.05) is 13.7 Å². The van der Waals surface area contributed by atoms with E-state index in [4.69, 9.17) is 4.74 Å². The Kier molecular flexibility index (Phi) is 6.05. The summed E-state index contributed by atoms with van der Waals surface area (Å²) in [6, 6.07) is 3.55. The lowest BCUT2D eigenvalue weighted by Gasteiger charge is -2.16. The third kappa shape index (κ3) is 4.95. The summed E-state index contributed by atoms with van der Waals surface area (Å²) in [5.41, 5.74) is 1.90. The largest absolute Gasteiger partial charge is 0.496 e. The smallest absolute Gasteiger partial charge is 0.405 e. The lowest BCUT2D eigenvalue weighted by atomic mass is 9.97. The van der Waals surface area contributed by atoms with Gasteiger partial charge in [-0.3, -0.25) is 4.79 Å². The molecule has 0 aliphatic rings. The van der Waals surface area contributed by atoms with Gasteiger partial charge in [0, 0.05) is 0 Å². The Morgan fingerprint density at radius 3 is 2.43 bits per heavy atom. The molecule has 0 spiro atoms. The molecule has 0 saturated carbocycles. The molecule has 1 rings (SSSR count). The molecule has 0 saturated heterocycles. The van der Waals surface area contributed by atoms with Gasteiger partial charge in [0.25, 0.3) is 5.91 Å². The monoisotopic (exact) mass is 303 g/mol. The van der Waals surface area contributed by atoms with Crippen molar-refractivity contribution in [3.05, 3.63) is 28.8 Å². The second kappa shape index (κ2) is 7.33. The first-order chi connectivity index (χ1) is 9.82. The van der Waals surface area contributed by atoms with E-state index in [1.54, 1.807) is 6.07 Å².